The normalized spacial score (nSPS) is 10.5. The van der Waals surface area contributed by atoms with Crippen molar-refractivity contribution in [3.05, 3.63) is 90.5 Å². The van der Waals surface area contributed by atoms with Crippen molar-refractivity contribution < 1.29 is 19.1 Å². The number of methoxy groups -OCH3 is 1. The van der Waals surface area contributed by atoms with Gasteiger partial charge in [-0.2, -0.15) is 0 Å². The van der Waals surface area contributed by atoms with Crippen LogP contribution in [0.5, 0.6) is 5.75 Å². The molecule has 0 aromatic heterocycles. The summed E-state index contributed by atoms with van der Waals surface area (Å²) >= 11 is 0. The summed E-state index contributed by atoms with van der Waals surface area (Å²) in [5.74, 6) is -0.253. The lowest BCUT2D eigenvalue weighted by Crippen LogP contribution is -2.20. The molecule has 146 valence electrons. The van der Waals surface area contributed by atoms with Gasteiger partial charge in [0.2, 0.25) is 0 Å². The van der Waals surface area contributed by atoms with E-state index in [1.165, 1.54) is 6.08 Å². The lowest BCUT2D eigenvalue weighted by atomic mass is 10.1. The van der Waals surface area contributed by atoms with Crippen LogP contribution in [0.3, 0.4) is 0 Å². The molecule has 1 amide bonds. The maximum absolute atomic E-state index is 12.0. The average molecular weight is 387 g/mol. The lowest BCUT2D eigenvalue weighted by molar-refractivity contribution is -0.142. The molecule has 0 aliphatic heterocycles. The van der Waals surface area contributed by atoms with E-state index in [2.05, 4.69) is 5.32 Å². The van der Waals surface area contributed by atoms with Crippen LogP contribution in [0.15, 0.2) is 84.9 Å². The highest BCUT2D eigenvalue weighted by Gasteiger charge is 2.06. The third-order valence-corrected chi connectivity index (χ3v) is 4.15. The third kappa shape index (κ3) is 6.07. The van der Waals surface area contributed by atoms with Crippen molar-refractivity contribution in [2.24, 2.45) is 0 Å². The quantitative estimate of drug-likeness (QED) is 0.477. The minimum absolute atomic E-state index is 0.355. The largest absolute Gasteiger partial charge is 0.497 e. The molecule has 3 aromatic carbocycles. The summed E-state index contributed by atoms with van der Waals surface area (Å²) in [7, 11) is 1.59. The number of esters is 1. The molecule has 3 rings (SSSR count). The van der Waals surface area contributed by atoms with Crippen LogP contribution in [0.2, 0.25) is 0 Å². The fourth-order valence-corrected chi connectivity index (χ4v) is 2.64. The van der Waals surface area contributed by atoms with Crippen LogP contribution in [-0.2, 0) is 14.3 Å². The van der Waals surface area contributed by atoms with Crippen LogP contribution < -0.4 is 10.1 Å². The summed E-state index contributed by atoms with van der Waals surface area (Å²) in [5.41, 5.74) is 3.62. The van der Waals surface area contributed by atoms with Crippen molar-refractivity contribution in [1.29, 1.82) is 0 Å². The van der Waals surface area contributed by atoms with Crippen molar-refractivity contribution in [1.82, 2.24) is 0 Å². The van der Waals surface area contributed by atoms with E-state index in [0.717, 1.165) is 22.4 Å². The summed E-state index contributed by atoms with van der Waals surface area (Å²) in [6, 6.07) is 24.6. The first-order chi connectivity index (χ1) is 14.1. The first kappa shape index (κ1) is 19.9. The molecule has 0 fully saturated rings. The molecule has 0 unspecified atom stereocenters. The van der Waals surface area contributed by atoms with E-state index in [1.807, 2.05) is 66.7 Å². The molecule has 0 atom stereocenters. The zero-order valence-electron chi connectivity index (χ0n) is 16.0. The van der Waals surface area contributed by atoms with Crippen molar-refractivity contribution in [2.45, 2.75) is 0 Å². The standard InChI is InChI=1S/C24H21NO4/c1-28-22-14-7-18(8-15-22)9-16-24(27)29-17-23(26)25-21-12-10-20(11-13-21)19-5-3-2-4-6-19/h2-16H,17H2,1H3,(H,25,26)/b16-9+. The molecule has 5 nitrogen and oxygen atoms in total. The van der Waals surface area contributed by atoms with E-state index in [4.69, 9.17) is 9.47 Å². The van der Waals surface area contributed by atoms with E-state index >= 15 is 0 Å². The molecule has 1 N–H and O–H groups in total. The summed E-state index contributed by atoms with van der Waals surface area (Å²) in [4.78, 5) is 23.8. The van der Waals surface area contributed by atoms with Crippen LogP contribution in [-0.4, -0.2) is 25.6 Å². The number of carbonyl (C=O) groups excluding carboxylic acids is 2. The van der Waals surface area contributed by atoms with Gasteiger partial charge >= 0.3 is 5.97 Å². The molecule has 3 aromatic rings. The second-order valence-corrected chi connectivity index (χ2v) is 6.21. The number of nitrogens with one attached hydrogen (secondary N) is 1. The van der Waals surface area contributed by atoms with Gasteiger partial charge in [-0.3, -0.25) is 4.79 Å². The summed E-state index contributed by atoms with van der Waals surface area (Å²) in [5, 5.41) is 2.71. The molecule has 0 spiro atoms. The maximum atomic E-state index is 12.0. The predicted octanol–water partition coefficient (Wildman–Crippen LogP) is 4.56. The summed E-state index contributed by atoms with van der Waals surface area (Å²) in [6.07, 6.45) is 2.89. The molecule has 0 aliphatic rings. The maximum Gasteiger partial charge on any atom is 0.331 e. The van der Waals surface area contributed by atoms with Crippen molar-refractivity contribution >= 4 is 23.6 Å². The number of ether oxygens (including phenoxy) is 2. The van der Waals surface area contributed by atoms with Crippen LogP contribution in [0.25, 0.3) is 17.2 Å². The van der Waals surface area contributed by atoms with Gasteiger partial charge in [-0.25, -0.2) is 4.79 Å². The summed E-state index contributed by atoms with van der Waals surface area (Å²) in [6.45, 7) is -0.355. The number of amides is 1. The molecule has 0 saturated carbocycles. The number of hydrogen-bond acceptors (Lipinski definition) is 4. The Bertz CT molecular complexity index is 978. The molecule has 29 heavy (non-hydrogen) atoms. The highest BCUT2D eigenvalue weighted by Crippen LogP contribution is 2.21. The molecule has 0 radical (unpaired) electrons. The second kappa shape index (κ2) is 9.90. The van der Waals surface area contributed by atoms with Gasteiger partial charge in [0.05, 0.1) is 7.11 Å². The Morgan fingerprint density at radius 3 is 2.17 bits per heavy atom. The average Bonchev–Trinajstić information content (AvgIpc) is 2.78. The molecule has 0 bridgehead atoms. The minimum Gasteiger partial charge on any atom is -0.497 e. The Balaban J connectivity index is 1.46. The zero-order chi connectivity index (χ0) is 20.5. The molecule has 0 saturated heterocycles. The van der Waals surface area contributed by atoms with Gasteiger partial charge in [0.1, 0.15) is 5.75 Å². The topological polar surface area (TPSA) is 64.6 Å². The van der Waals surface area contributed by atoms with Gasteiger partial charge in [0, 0.05) is 11.8 Å². The fraction of sp³-hybridized carbons (Fsp3) is 0.0833. The zero-order valence-corrected chi connectivity index (χ0v) is 16.0. The van der Waals surface area contributed by atoms with E-state index in [0.29, 0.717) is 5.69 Å². The van der Waals surface area contributed by atoms with Crippen LogP contribution in [0.1, 0.15) is 5.56 Å². The smallest absolute Gasteiger partial charge is 0.331 e. The molecule has 0 heterocycles. The number of carbonyl (C=O) groups is 2. The Morgan fingerprint density at radius 1 is 0.862 bits per heavy atom. The van der Waals surface area contributed by atoms with E-state index in [9.17, 15) is 9.59 Å². The third-order valence-electron chi connectivity index (χ3n) is 4.15. The van der Waals surface area contributed by atoms with Gasteiger partial charge in [-0.1, -0.05) is 54.6 Å². The van der Waals surface area contributed by atoms with Crippen molar-refractivity contribution in [3.63, 3.8) is 0 Å². The number of rotatable bonds is 7. The van der Waals surface area contributed by atoms with Crippen LogP contribution >= 0.6 is 0 Å². The summed E-state index contributed by atoms with van der Waals surface area (Å²) < 4.78 is 10.1. The van der Waals surface area contributed by atoms with Gasteiger partial charge in [-0.05, 0) is 47.0 Å². The van der Waals surface area contributed by atoms with Gasteiger partial charge < -0.3 is 14.8 Å². The second-order valence-electron chi connectivity index (χ2n) is 6.21. The first-order valence-electron chi connectivity index (χ1n) is 9.08. The van der Waals surface area contributed by atoms with Crippen molar-refractivity contribution in [2.75, 3.05) is 19.0 Å². The Kier molecular flexibility index (Phi) is 6.79. The molecule has 0 aliphatic carbocycles. The van der Waals surface area contributed by atoms with Crippen molar-refractivity contribution in [3.8, 4) is 16.9 Å². The number of hydrogen-bond donors (Lipinski definition) is 1. The van der Waals surface area contributed by atoms with Crippen LogP contribution in [0.4, 0.5) is 5.69 Å². The predicted molar refractivity (Wildman–Crippen MR) is 113 cm³/mol. The highest BCUT2D eigenvalue weighted by molar-refractivity contribution is 5.94. The van der Waals surface area contributed by atoms with Gasteiger partial charge in [0.25, 0.3) is 5.91 Å². The SMILES string of the molecule is COc1ccc(/C=C/C(=O)OCC(=O)Nc2ccc(-c3ccccc3)cc2)cc1. The fourth-order valence-electron chi connectivity index (χ4n) is 2.64. The van der Waals surface area contributed by atoms with Crippen LogP contribution in [0, 0.1) is 0 Å². The Hall–Kier alpha value is -3.86. The van der Waals surface area contributed by atoms with Gasteiger partial charge in [0.15, 0.2) is 6.61 Å². The number of benzene rings is 3. The molecular formula is C24H21NO4. The van der Waals surface area contributed by atoms with Gasteiger partial charge in [-0.15, -0.1) is 0 Å². The first-order valence-corrected chi connectivity index (χ1v) is 9.08. The Labute approximate surface area is 169 Å². The lowest BCUT2D eigenvalue weighted by Gasteiger charge is -2.07. The minimum atomic E-state index is -0.588. The molecular weight excluding hydrogens is 366 g/mol. The van der Waals surface area contributed by atoms with E-state index in [1.54, 1.807) is 25.3 Å². The monoisotopic (exact) mass is 387 g/mol. The highest BCUT2D eigenvalue weighted by atomic mass is 16.5. The van der Waals surface area contributed by atoms with E-state index < -0.39 is 11.9 Å². The molecule has 5 heteroatoms. The Morgan fingerprint density at radius 2 is 1.52 bits per heavy atom. The van der Waals surface area contributed by atoms with E-state index in [-0.39, 0.29) is 6.61 Å². The number of anilines is 1.